The minimum absolute atomic E-state index is 0.0131. The van der Waals surface area contributed by atoms with Gasteiger partial charge in [0.05, 0.1) is 24.9 Å². The van der Waals surface area contributed by atoms with Gasteiger partial charge in [-0.05, 0) is 29.5 Å². The summed E-state index contributed by atoms with van der Waals surface area (Å²) in [6.07, 6.45) is 17.3. The highest BCUT2D eigenvalue weighted by Crippen LogP contribution is 2.42. The second-order valence-corrected chi connectivity index (χ2v) is 14.0. The van der Waals surface area contributed by atoms with Crippen LogP contribution in [-0.4, -0.2) is 52.9 Å². The van der Waals surface area contributed by atoms with Gasteiger partial charge in [-0.3, -0.25) is 9.69 Å². The lowest BCUT2D eigenvalue weighted by molar-refractivity contribution is -0.276. The molecule has 262 valence electrons. The first-order chi connectivity index (χ1) is 23.0. The number of benzene rings is 2. The van der Waals surface area contributed by atoms with E-state index in [0.29, 0.717) is 19.5 Å². The average molecular weight is 651 g/mol. The topological polar surface area (TPSA) is 91.3 Å². The monoisotopic (exact) mass is 650 g/mol. The van der Waals surface area contributed by atoms with Gasteiger partial charge in [-0.15, -0.1) is 0 Å². The van der Waals surface area contributed by atoms with Gasteiger partial charge in [0.1, 0.15) is 0 Å². The molecule has 2 aromatic carbocycles. The summed E-state index contributed by atoms with van der Waals surface area (Å²) in [7, 11) is 0. The quantitative estimate of drug-likeness (QED) is 0.118. The molecule has 2 saturated heterocycles. The molecule has 5 atom stereocenters. The first kappa shape index (κ1) is 37.5. The Morgan fingerprint density at radius 3 is 1.96 bits per heavy atom. The molecular weight excluding hydrogens is 588 g/mol. The van der Waals surface area contributed by atoms with E-state index in [2.05, 4.69) is 24.1 Å². The highest BCUT2D eigenvalue weighted by atomic mass is 16.7. The summed E-state index contributed by atoms with van der Waals surface area (Å²) in [6.45, 7) is 7.25. The summed E-state index contributed by atoms with van der Waals surface area (Å²) < 4.78 is 13.2. The molecule has 0 aliphatic carbocycles. The van der Waals surface area contributed by atoms with Crippen LogP contribution in [0, 0.1) is 5.92 Å². The Labute approximate surface area is 284 Å². The molecule has 5 unspecified atom stereocenters. The van der Waals surface area contributed by atoms with E-state index >= 15 is 0 Å². The van der Waals surface area contributed by atoms with Crippen molar-refractivity contribution in [2.75, 3.05) is 19.6 Å². The van der Waals surface area contributed by atoms with Gasteiger partial charge in [-0.2, -0.15) is 0 Å². The average Bonchev–Trinajstić information content (AvgIpc) is 3.51. The predicted octanol–water partition coefficient (Wildman–Crippen LogP) is 8.13. The summed E-state index contributed by atoms with van der Waals surface area (Å²) in [6, 6.07) is 16.1. The molecule has 0 saturated carbocycles. The third kappa shape index (κ3) is 12.9. The number of β-amino-alcohol motifs (C(OH)–C–C–N with tert-alkyl or cyclic N) is 1. The van der Waals surface area contributed by atoms with E-state index in [0.717, 1.165) is 54.6 Å². The van der Waals surface area contributed by atoms with Crippen molar-refractivity contribution < 1.29 is 24.5 Å². The number of hydrogen-bond donors (Lipinski definition) is 3. The van der Waals surface area contributed by atoms with E-state index < -0.39 is 6.29 Å². The van der Waals surface area contributed by atoms with Gasteiger partial charge in [-0.25, -0.2) is 0 Å². The van der Waals surface area contributed by atoms with Crippen molar-refractivity contribution in [2.45, 2.75) is 148 Å². The van der Waals surface area contributed by atoms with Gasteiger partial charge in [0.25, 0.3) is 0 Å². The van der Waals surface area contributed by atoms with Crippen LogP contribution in [0.15, 0.2) is 48.5 Å². The summed E-state index contributed by atoms with van der Waals surface area (Å²) in [4.78, 5) is 14.8. The van der Waals surface area contributed by atoms with Crippen molar-refractivity contribution in [3.63, 3.8) is 0 Å². The molecule has 7 nitrogen and oxygen atoms in total. The maximum Gasteiger partial charge on any atom is 0.220 e. The number of aliphatic hydroxyl groups is 2. The molecule has 0 spiro atoms. The van der Waals surface area contributed by atoms with E-state index in [4.69, 9.17) is 9.47 Å². The number of nitrogens with one attached hydrogen (secondary N) is 1. The molecule has 2 heterocycles. The fourth-order valence-electron chi connectivity index (χ4n) is 6.95. The van der Waals surface area contributed by atoms with E-state index in [1.807, 2.05) is 48.5 Å². The molecule has 47 heavy (non-hydrogen) atoms. The molecule has 2 fully saturated rings. The number of hydrogen-bond acceptors (Lipinski definition) is 6. The molecule has 3 N–H and O–H groups in total. The number of aliphatic hydroxyl groups excluding tert-OH is 2. The van der Waals surface area contributed by atoms with Crippen LogP contribution >= 0.6 is 0 Å². The van der Waals surface area contributed by atoms with Gasteiger partial charge < -0.3 is 25.0 Å². The summed E-state index contributed by atoms with van der Waals surface area (Å²) in [5.74, 6) is 0.225. The Balaban J connectivity index is 1.18. The van der Waals surface area contributed by atoms with Crippen LogP contribution < -0.4 is 5.32 Å². The van der Waals surface area contributed by atoms with Gasteiger partial charge in [0, 0.05) is 44.1 Å². The Kier molecular flexibility index (Phi) is 16.7. The molecule has 0 aromatic heterocycles. The molecule has 1 amide bonds. The summed E-state index contributed by atoms with van der Waals surface area (Å²) in [5, 5.41) is 22.7. The van der Waals surface area contributed by atoms with Crippen LogP contribution in [-0.2, 0) is 27.4 Å². The van der Waals surface area contributed by atoms with Crippen LogP contribution in [0.4, 0.5) is 0 Å². The van der Waals surface area contributed by atoms with Crippen molar-refractivity contribution in [1.82, 2.24) is 10.2 Å². The molecule has 0 bridgehead atoms. The minimum Gasteiger partial charge on any atom is -0.392 e. The fourth-order valence-corrected chi connectivity index (χ4v) is 6.95. The van der Waals surface area contributed by atoms with Gasteiger partial charge in [-0.1, -0.05) is 139 Å². The largest absolute Gasteiger partial charge is 0.392 e. The van der Waals surface area contributed by atoms with Gasteiger partial charge in [0.2, 0.25) is 5.91 Å². The fraction of sp³-hybridized carbons (Fsp3) is 0.675. The highest BCUT2D eigenvalue weighted by Gasteiger charge is 2.39. The molecular formula is C40H62N2O5. The lowest BCUT2D eigenvalue weighted by Gasteiger charge is -2.42. The normalized spacial score (nSPS) is 23.3. The zero-order chi connectivity index (χ0) is 33.3. The van der Waals surface area contributed by atoms with E-state index in [9.17, 15) is 15.0 Å². The number of unbranched alkanes of at least 4 members (excludes halogenated alkanes) is 12. The Hall–Kier alpha value is -2.29. The van der Waals surface area contributed by atoms with Crippen molar-refractivity contribution in [3.8, 4) is 0 Å². The number of carbonyl (C=O) groups excluding carboxylic acids is 1. The molecule has 2 aromatic rings. The smallest absolute Gasteiger partial charge is 0.220 e. The maximum atomic E-state index is 12.5. The summed E-state index contributed by atoms with van der Waals surface area (Å²) in [5.41, 5.74) is 3.94. The highest BCUT2D eigenvalue weighted by molar-refractivity contribution is 5.75. The number of rotatable bonds is 21. The third-order valence-corrected chi connectivity index (χ3v) is 10.1. The van der Waals surface area contributed by atoms with Crippen LogP contribution in [0.1, 0.15) is 145 Å². The molecule has 2 aliphatic heterocycles. The molecule has 4 rings (SSSR count). The molecule has 2 aliphatic rings. The second-order valence-electron chi connectivity index (χ2n) is 14.0. The second kappa shape index (κ2) is 20.9. The Morgan fingerprint density at radius 1 is 0.809 bits per heavy atom. The van der Waals surface area contributed by atoms with E-state index in [-0.39, 0.29) is 36.7 Å². The number of carbonyl (C=O) groups is 1. The number of ether oxygens (including phenoxy) is 2. The van der Waals surface area contributed by atoms with Crippen molar-refractivity contribution in [3.05, 3.63) is 70.8 Å². The van der Waals surface area contributed by atoms with Crippen LogP contribution in [0.25, 0.3) is 0 Å². The number of nitrogens with zero attached hydrogens (tertiary/aromatic N) is 1. The van der Waals surface area contributed by atoms with Gasteiger partial charge in [0.15, 0.2) is 6.29 Å². The zero-order valence-electron chi connectivity index (χ0n) is 29.2. The standard InChI is InChI=1S/C40H62N2O5/c1-3-4-5-6-7-8-9-10-11-12-13-14-15-16-38(45)41-27-32-17-23-35(24-18-32)40-46-37(29-42-26-25-36(44)28-42)31(2)39(47-40)34-21-19-33(30-43)20-22-34/h17-24,31,36-37,39-40,43-44H,3-16,25-30H2,1-2H3,(H,41,45). The minimum atomic E-state index is -0.523. The molecule has 7 heteroatoms. The van der Waals surface area contributed by atoms with E-state index in [1.54, 1.807) is 0 Å². The first-order valence-corrected chi connectivity index (χ1v) is 18.7. The van der Waals surface area contributed by atoms with Crippen LogP contribution in [0.5, 0.6) is 0 Å². The van der Waals surface area contributed by atoms with E-state index in [1.165, 1.54) is 70.6 Å². The maximum absolute atomic E-state index is 12.5. The number of likely N-dealkylation sites (tertiary alicyclic amines) is 1. The summed E-state index contributed by atoms with van der Waals surface area (Å²) >= 11 is 0. The Bertz CT molecular complexity index is 1140. The lowest BCUT2D eigenvalue weighted by atomic mass is 9.90. The SMILES string of the molecule is CCCCCCCCCCCCCCCC(=O)NCc1ccc(C2OC(CN3CCC(O)C3)C(C)C(c3ccc(CO)cc3)O2)cc1. The Morgan fingerprint density at radius 2 is 1.38 bits per heavy atom. The van der Waals surface area contributed by atoms with Crippen LogP contribution in [0.2, 0.25) is 0 Å². The zero-order valence-corrected chi connectivity index (χ0v) is 29.2. The van der Waals surface area contributed by atoms with Gasteiger partial charge >= 0.3 is 0 Å². The van der Waals surface area contributed by atoms with Crippen LogP contribution in [0.3, 0.4) is 0 Å². The first-order valence-electron chi connectivity index (χ1n) is 18.7. The van der Waals surface area contributed by atoms with Crippen molar-refractivity contribution >= 4 is 5.91 Å². The van der Waals surface area contributed by atoms with Crippen molar-refractivity contribution in [2.24, 2.45) is 5.92 Å². The molecule has 0 radical (unpaired) electrons. The van der Waals surface area contributed by atoms with Crippen molar-refractivity contribution in [1.29, 1.82) is 0 Å². The predicted molar refractivity (Wildman–Crippen MR) is 189 cm³/mol. The lowest BCUT2D eigenvalue weighted by Crippen LogP contribution is -2.44. The third-order valence-electron chi connectivity index (χ3n) is 10.1. The number of amides is 1.